The van der Waals surface area contributed by atoms with Gasteiger partial charge in [0.2, 0.25) is 0 Å². The molecular formula is C28H26NO2+. The van der Waals surface area contributed by atoms with Gasteiger partial charge in [-0.25, -0.2) is 0 Å². The molecule has 0 fully saturated rings. The molecule has 1 aliphatic heterocycles. The van der Waals surface area contributed by atoms with E-state index in [1.54, 1.807) is 19.1 Å². The molecule has 0 amide bonds. The van der Waals surface area contributed by atoms with Crippen LogP contribution in [0.1, 0.15) is 16.7 Å². The van der Waals surface area contributed by atoms with E-state index in [0.29, 0.717) is 0 Å². The second kappa shape index (κ2) is 7.14. The van der Waals surface area contributed by atoms with Crippen molar-refractivity contribution in [2.45, 2.75) is 19.5 Å². The zero-order valence-corrected chi connectivity index (χ0v) is 18.0. The Bertz CT molecular complexity index is 1410. The fraction of sp³-hybridized carbons (Fsp3) is 0.214. The summed E-state index contributed by atoms with van der Waals surface area (Å²) in [4.78, 5) is 1.59. The highest BCUT2D eigenvalue weighted by Crippen LogP contribution is 2.36. The number of ether oxygens (including phenoxy) is 2. The summed E-state index contributed by atoms with van der Waals surface area (Å²) in [5.74, 6) is 1.65. The molecule has 0 aromatic heterocycles. The molecule has 154 valence electrons. The third-order valence-electron chi connectivity index (χ3n) is 6.95. The van der Waals surface area contributed by atoms with Crippen LogP contribution in [-0.2, 0) is 19.5 Å². The number of benzene rings is 5. The molecule has 31 heavy (non-hydrogen) atoms. The quantitative estimate of drug-likeness (QED) is 0.434. The predicted molar refractivity (Wildman–Crippen MR) is 127 cm³/mol. The van der Waals surface area contributed by atoms with Crippen molar-refractivity contribution in [3.8, 4) is 11.5 Å². The van der Waals surface area contributed by atoms with Gasteiger partial charge in [0, 0.05) is 17.5 Å². The maximum Gasteiger partial charge on any atom is 0.161 e. The van der Waals surface area contributed by atoms with Crippen LogP contribution >= 0.6 is 0 Å². The van der Waals surface area contributed by atoms with Crippen molar-refractivity contribution in [2.75, 3.05) is 20.8 Å². The maximum absolute atomic E-state index is 5.54. The SMILES string of the molecule is COc1cc2c(cc1OC)C[NH+](Cc1ccc3ccc4cccc5ccc1c3c45)CC2. The van der Waals surface area contributed by atoms with Crippen molar-refractivity contribution in [2.24, 2.45) is 0 Å². The monoisotopic (exact) mass is 408 g/mol. The van der Waals surface area contributed by atoms with Gasteiger partial charge in [-0.05, 0) is 50.0 Å². The summed E-state index contributed by atoms with van der Waals surface area (Å²) in [6.45, 7) is 3.17. The van der Waals surface area contributed by atoms with E-state index in [9.17, 15) is 0 Å². The minimum absolute atomic E-state index is 0.824. The first kappa shape index (κ1) is 18.5. The van der Waals surface area contributed by atoms with E-state index in [-0.39, 0.29) is 0 Å². The zero-order valence-electron chi connectivity index (χ0n) is 18.0. The molecule has 3 heteroatoms. The Balaban J connectivity index is 1.39. The third kappa shape index (κ3) is 2.92. The van der Waals surface area contributed by atoms with Crippen LogP contribution in [-0.4, -0.2) is 20.8 Å². The Morgan fingerprint density at radius 3 is 2.13 bits per heavy atom. The number of rotatable bonds is 4. The van der Waals surface area contributed by atoms with Crippen LogP contribution in [0.4, 0.5) is 0 Å². The Morgan fingerprint density at radius 1 is 0.742 bits per heavy atom. The Hall–Kier alpha value is -3.30. The summed E-state index contributed by atoms with van der Waals surface area (Å²) in [6, 6.07) is 24.7. The molecule has 1 N–H and O–H groups in total. The van der Waals surface area contributed by atoms with Crippen LogP contribution in [0.3, 0.4) is 0 Å². The lowest BCUT2D eigenvalue weighted by atomic mass is 9.91. The van der Waals surface area contributed by atoms with Gasteiger partial charge in [0.1, 0.15) is 13.1 Å². The molecule has 0 saturated carbocycles. The fourth-order valence-corrected chi connectivity index (χ4v) is 5.40. The summed E-state index contributed by atoms with van der Waals surface area (Å²) >= 11 is 0. The first-order valence-corrected chi connectivity index (χ1v) is 11.0. The lowest BCUT2D eigenvalue weighted by Crippen LogP contribution is -3.10. The number of fused-ring (bicyclic) bond motifs is 1. The van der Waals surface area contributed by atoms with E-state index in [1.807, 2.05) is 0 Å². The van der Waals surface area contributed by atoms with Gasteiger partial charge in [0.05, 0.1) is 20.8 Å². The van der Waals surface area contributed by atoms with Crippen LogP contribution in [0.25, 0.3) is 32.3 Å². The number of hydrogen-bond acceptors (Lipinski definition) is 2. The number of methoxy groups -OCH3 is 2. The van der Waals surface area contributed by atoms with E-state index in [4.69, 9.17) is 9.47 Å². The minimum atomic E-state index is 0.824. The van der Waals surface area contributed by atoms with Crippen molar-refractivity contribution in [1.82, 2.24) is 0 Å². The molecule has 1 unspecified atom stereocenters. The van der Waals surface area contributed by atoms with E-state index in [1.165, 1.54) is 49.0 Å². The van der Waals surface area contributed by atoms with Gasteiger partial charge >= 0.3 is 0 Å². The molecule has 6 rings (SSSR count). The highest BCUT2D eigenvalue weighted by Gasteiger charge is 2.23. The van der Waals surface area contributed by atoms with Crippen molar-refractivity contribution in [1.29, 1.82) is 0 Å². The van der Waals surface area contributed by atoms with Gasteiger partial charge in [-0.2, -0.15) is 0 Å². The van der Waals surface area contributed by atoms with E-state index in [2.05, 4.69) is 66.7 Å². The summed E-state index contributed by atoms with van der Waals surface area (Å²) in [7, 11) is 3.42. The summed E-state index contributed by atoms with van der Waals surface area (Å²) in [5, 5.41) is 8.19. The van der Waals surface area contributed by atoms with Gasteiger partial charge in [0.15, 0.2) is 11.5 Å². The number of hydrogen-bond donors (Lipinski definition) is 1. The van der Waals surface area contributed by atoms with Gasteiger partial charge in [0.25, 0.3) is 0 Å². The molecule has 1 atom stereocenters. The zero-order chi connectivity index (χ0) is 20.9. The molecule has 0 bridgehead atoms. The average molecular weight is 409 g/mol. The standard InChI is InChI=1S/C28H25NO2/c1-30-25-14-21-12-13-29(17-23(21)15-26(25)31-2)16-22-9-8-20-7-6-18-4-3-5-19-10-11-24(22)28(20)27(18)19/h3-11,14-15H,12-13,16-17H2,1-2H3/p+1. The van der Waals surface area contributed by atoms with Crippen LogP contribution in [0.15, 0.2) is 66.7 Å². The normalized spacial score (nSPS) is 16.1. The molecule has 0 radical (unpaired) electrons. The van der Waals surface area contributed by atoms with Crippen LogP contribution in [0.5, 0.6) is 11.5 Å². The molecule has 1 aliphatic rings. The molecule has 3 nitrogen and oxygen atoms in total. The van der Waals surface area contributed by atoms with Crippen molar-refractivity contribution in [3.63, 3.8) is 0 Å². The van der Waals surface area contributed by atoms with Gasteiger partial charge in [-0.1, -0.05) is 54.6 Å². The van der Waals surface area contributed by atoms with E-state index >= 15 is 0 Å². The number of nitrogens with one attached hydrogen (secondary N) is 1. The molecule has 0 aliphatic carbocycles. The average Bonchev–Trinajstić information content (AvgIpc) is 2.82. The fourth-order valence-electron chi connectivity index (χ4n) is 5.40. The predicted octanol–water partition coefficient (Wildman–Crippen LogP) is 4.74. The summed E-state index contributed by atoms with van der Waals surface area (Å²) in [6.07, 6.45) is 1.07. The first-order valence-electron chi connectivity index (χ1n) is 11.0. The second-order valence-electron chi connectivity index (χ2n) is 8.66. The molecule has 0 saturated heterocycles. The lowest BCUT2D eigenvalue weighted by molar-refractivity contribution is -0.929. The second-order valence-corrected chi connectivity index (χ2v) is 8.66. The van der Waals surface area contributed by atoms with Crippen LogP contribution in [0, 0.1) is 0 Å². The third-order valence-corrected chi connectivity index (χ3v) is 6.95. The van der Waals surface area contributed by atoms with E-state index in [0.717, 1.165) is 37.6 Å². The Labute approximate surface area is 182 Å². The topological polar surface area (TPSA) is 22.9 Å². The maximum atomic E-state index is 5.54. The number of quaternary nitrogens is 1. The smallest absolute Gasteiger partial charge is 0.161 e. The van der Waals surface area contributed by atoms with Gasteiger partial charge < -0.3 is 14.4 Å². The van der Waals surface area contributed by atoms with Crippen LogP contribution in [0.2, 0.25) is 0 Å². The largest absolute Gasteiger partial charge is 0.493 e. The minimum Gasteiger partial charge on any atom is -0.493 e. The molecule has 5 aromatic carbocycles. The van der Waals surface area contributed by atoms with Crippen molar-refractivity contribution >= 4 is 32.3 Å². The van der Waals surface area contributed by atoms with Crippen molar-refractivity contribution in [3.05, 3.63) is 83.4 Å². The van der Waals surface area contributed by atoms with Crippen LogP contribution < -0.4 is 14.4 Å². The van der Waals surface area contributed by atoms with Gasteiger partial charge in [-0.15, -0.1) is 0 Å². The molecule has 5 aromatic rings. The molecule has 0 spiro atoms. The molecular weight excluding hydrogens is 382 g/mol. The highest BCUT2D eigenvalue weighted by molar-refractivity contribution is 6.23. The van der Waals surface area contributed by atoms with E-state index < -0.39 is 0 Å². The van der Waals surface area contributed by atoms with Crippen molar-refractivity contribution < 1.29 is 14.4 Å². The molecule has 1 heterocycles. The summed E-state index contributed by atoms with van der Waals surface area (Å²) in [5.41, 5.74) is 4.19. The van der Waals surface area contributed by atoms with Gasteiger partial charge in [-0.3, -0.25) is 0 Å². The lowest BCUT2D eigenvalue weighted by Gasteiger charge is -2.27. The summed E-state index contributed by atoms with van der Waals surface area (Å²) < 4.78 is 11.0. The Morgan fingerprint density at radius 2 is 1.39 bits per heavy atom. The Kier molecular flexibility index (Phi) is 4.25. The first-order chi connectivity index (χ1) is 15.2. The highest BCUT2D eigenvalue weighted by atomic mass is 16.5.